The maximum absolute atomic E-state index is 14.9. The van der Waals surface area contributed by atoms with Gasteiger partial charge in [0.05, 0.1) is 6.42 Å². The van der Waals surface area contributed by atoms with E-state index in [-0.39, 0.29) is 30.8 Å². The van der Waals surface area contributed by atoms with Gasteiger partial charge >= 0.3 is 12.1 Å². The third-order valence-electron chi connectivity index (χ3n) is 13.0. The Labute approximate surface area is 400 Å². The van der Waals surface area contributed by atoms with Gasteiger partial charge in [-0.2, -0.15) is 0 Å². The number of alkyl carbamates (subject to hydrolysis) is 1. The fourth-order valence-electron chi connectivity index (χ4n) is 9.00. The van der Waals surface area contributed by atoms with E-state index in [2.05, 4.69) is 17.4 Å². The number of halogens is 1. The van der Waals surface area contributed by atoms with Crippen LogP contribution in [0.3, 0.4) is 0 Å². The number of carbonyl (C=O) groups excluding carboxylic acids is 5. The number of rotatable bonds is 18. The summed E-state index contributed by atoms with van der Waals surface area (Å²) in [4.78, 5) is 75.9. The first-order chi connectivity index (χ1) is 32.0. The smallest absolute Gasteiger partial charge is 0.407 e. The highest BCUT2D eigenvalue weighted by Gasteiger charge is 2.45. The van der Waals surface area contributed by atoms with Crippen molar-refractivity contribution in [2.45, 2.75) is 83.5 Å². The van der Waals surface area contributed by atoms with Crippen molar-refractivity contribution in [1.29, 1.82) is 0 Å². The summed E-state index contributed by atoms with van der Waals surface area (Å²) >= 11 is 6.93. The third-order valence-corrected chi connectivity index (χ3v) is 13.3. The molecule has 0 saturated heterocycles. The van der Waals surface area contributed by atoms with Crippen LogP contribution in [0.25, 0.3) is 11.1 Å². The number of esters is 1. The number of ether oxygens (including phenoxy) is 2. The second-order valence-electron chi connectivity index (χ2n) is 18.2. The summed E-state index contributed by atoms with van der Waals surface area (Å²) in [6.45, 7) is 9.67. The van der Waals surface area contributed by atoms with Gasteiger partial charge in [-0.1, -0.05) is 173 Å². The van der Waals surface area contributed by atoms with Gasteiger partial charge in [0, 0.05) is 55.8 Å². The third kappa shape index (κ3) is 10.9. The van der Waals surface area contributed by atoms with Crippen LogP contribution in [0.4, 0.5) is 4.79 Å². The van der Waals surface area contributed by atoms with E-state index in [1.165, 1.54) is 28.8 Å². The van der Waals surface area contributed by atoms with Crippen LogP contribution < -0.4 is 5.32 Å². The summed E-state index contributed by atoms with van der Waals surface area (Å²) in [6, 6.07) is 36.7. The molecule has 1 N–H and O–H groups in total. The van der Waals surface area contributed by atoms with E-state index in [9.17, 15) is 24.0 Å². The molecule has 0 spiro atoms. The average molecular weight is 928 g/mol. The number of fused-ring (bicyclic) bond motifs is 3. The summed E-state index contributed by atoms with van der Waals surface area (Å²) in [6.07, 6.45) is -0.496. The van der Waals surface area contributed by atoms with Gasteiger partial charge in [-0.3, -0.25) is 19.2 Å². The normalized spacial score (nSPS) is 14.6. The Morgan fingerprint density at radius 3 is 1.78 bits per heavy atom. The molecule has 67 heavy (non-hydrogen) atoms. The zero-order valence-electron chi connectivity index (χ0n) is 40.0. The van der Waals surface area contributed by atoms with Crippen LogP contribution in [0.2, 0.25) is 5.02 Å². The molecule has 5 aromatic carbocycles. The van der Waals surface area contributed by atoms with Crippen molar-refractivity contribution in [2.75, 3.05) is 34.8 Å². The standard InChI is InChI=1S/C55H63ClN4O7/c1-10-37(5)50(57-54(65)66-34-44-42-24-16-14-22-40(42)41-23-15-17-25-43(41)44)53(64)60(9)47(32-35(2)3)52(63)59(8)48(51(62)58(6)7)33-49(61)67-55(38-20-12-11-13-21-38,39-30-28-36(4)29-31-39)45-26-18-19-27-46(45)56/h11-31,35,37,44,47-48,50H,10,32-34H2,1-9H3,(H,57,65)/t37-,47-,48-,50-,55?/m0/s1. The first-order valence-corrected chi connectivity index (χ1v) is 23.3. The van der Waals surface area contributed by atoms with Crippen LogP contribution in [0.15, 0.2) is 127 Å². The molecule has 4 amide bonds. The summed E-state index contributed by atoms with van der Waals surface area (Å²) in [5.74, 6) is -2.91. The minimum Gasteiger partial charge on any atom is -0.449 e. The van der Waals surface area contributed by atoms with Gasteiger partial charge in [0.1, 0.15) is 24.7 Å². The predicted molar refractivity (Wildman–Crippen MR) is 262 cm³/mol. The maximum atomic E-state index is 14.9. The Morgan fingerprint density at radius 2 is 1.21 bits per heavy atom. The molecule has 1 aliphatic carbocycles. The molecule has 0 heterocycles. The molecule has 0 saturated carbocycles. The molecule has 11 nitrogen and oxygen atoms in total. The Hall–Kier alpha value is -6.46. The molecule has 0 fully saturated rings. The second kappa shape index (κ2) is 21.9. The van der Waals surface area contributed by atoms with Crippen LogP contribution in [0.5, 0.6) is 0 Å². The van der Waals surface area contributed by atoms with Crippen molar-refractivity contribution >= 4 is 41.4 Å². The molecule has 0 bridgehead atoms. The number of hydrogen-bond donors (Lipinski definition) is 1. The zero-order valence-corrected chi connectivity index (χ0v) is 40.8. The van der Waals surface area contributed by atoms with Crippen LogP contribution in [0, 0.1) is 18.8 Å². The lowest BCUT2D eigenvalue weighted by atomic mass is 9.79. The van der Waals surface area contributed by atoms with E-state index >= 15 is 0 Å². The van der Waals surface area contributed by atoms with Crippen molar-refractivity contribution in [2.24, 2.45) is 11.8 Å². The molecule has 0 aliphatic heterocycles. The quantitative estimate of drug-likeness (QED) is 0.0686. The highest BCUT2D eigenvalue weighted by atomic mass is 35.5. The number of carbonyl (C=O) groups is 5. The van der Waals surface area contributed by atoms with Crippen molar-refractivity contribution in [3.8, 4) is 11.1 Å². The second-order valence-corrected chi connectivity index (χ2v) is 18.6. The monoisotopic (exact) mass is 926 g/mol. The van der Waals surface area contributed by atoms with Crippen LogP contribution in [0.1, 0.15) is 86.3 Å². The van der Waals surface area contributed by atoms with Gasteiger partial charge in [-0.15, -0.1) is 0 Å². The molecule has 5 aromatic rings. The lowest BCUT2D eigenvalue weighted by molar-refractivity contribution is -0.160. The van der Waals surface area contributed by atoms with Gasteiger partial charge in [-0.05, 0) is 53.5 Å². The van der Waals surface area contributed by atoms with Crippen molar-refractivity contribution < 1.29 is 33.4 Å². The Morgan fingerprint density at radius 1 is 0.672 bits per heavy atom. The minimum absolute atomic E-state index is 0.0654. The molecule has 5 atom stereocenters. The molecule has 1 aliphatic rings. The molecule has 0 aromatic heterocycles. The number of nitrogens with zero attached hydrogens (tertiary/aromatic N) is 3. The van der Waals surface area contributed by atoms with Gasteiger partial charge in [0.2, 0.25) is 17.7 Å². The molecule has 352 valence electrons. The Kier molecular flexibility index (Phi) is 16.3. The van der Waals surface area contributed by atoms with Crippen molar-refractivity contribution in [1.82, 2.24) is 20.0 Å². The minimum atomic E-state index is -1.54. The highest BCUT2D eigenvalue weighted by Crippen LogP contribution is 2.45. The van der Waals surface area contributed by atoms with Gasteiger partial charge < -0.3 is 29.5 Å². The van der Waals surface area contributed by atoms with Crippen LogP contribution in [-0.2, 0) is 34.3 Å². The number of likely N-dealkylation sites (N-methyl/N-ethyl adjacent to an activating group) is 3. The summed E-state index contributed by atoms with van der Waals surface area (Å²) in [5.41, 5.74) is 5.53. The van der Waals surface area contributed by atoms with E-state index in [0.29, 0.717) is 28.1 Å². The number of hydrogen-bond acceptors (Lipinski definition) is 7. The fourth-order valence-corrected chi connectivity index (χ4v) is 9.27. The van der Waals surface area contributed by atoms with E-state index in [4.69, 9.17) is 21.1 Å². The molecule has 6 rings (SSSR count). The van der Waals surface area contributed by atoms with Crippen molar-refractivity contribution in [3.63, 3.8) is 0 Å². The van der Waals surface area contributed by atoms with E-state index in [0.717, 1.165) is 27.8 Å². The fraction of sp³-hybridized carbons (Fsp3) is 0.364. The molecule has 1 unspecified atom stereocenters. The summed E-state index contributed by atoms with van der Waals surface area (Å²) < 4.78 is 12.5. The Bertz CT molecular complexity index is 2500. The summed E-state index contributed by atoms with van der Waals surface area (Å²) in [7, 11) is 6.10. The van der Waals surface area contributed by atoms with Crippen LogP contribution >= 0.6 is 11.6 Å². The predicted octanol–water partition coefficient (Wildman–Crippen LogP) is 9.62. The molecular weight excluding hydrogens is 864 g/mol. The number of aryl methyl sites for hydroxylation is 1. The average Bonchev–Trinajstić information content (AvgIpc) is 3.65. The lowest BCUT2D eigenvalue weighted by Gasteiger charge is -2.38. The summed E-state index contributed by atoms with van der Waals surface area (Å²) in [5, 5.41) is 3.20. The molecular formula is C55H63ClN4O7. The largest absolute Gasteiger partial charge is 0.449 e. The lowest BCUT2D eigenvalue weighted by Crippen LogP contribution is -2.59. The Balaban J connectivity index is 1.26. The first-order valence-electron chi connectivity index (χ1n) is 23.0. The van der Waals surface area contributed by atoms with Crippen LogP contribution in [-0.4, -0.2) is 97.4 Å². The maximum Gasteiger partial charge on any atom is 0.407 e. The number of amides is 4. The highest BCUT2D eigenvalue weighted by molar-refractivity contribution is 6.31. The number of benzene rings is 5. The number of nitrogens with one attached hydrogen (secondary N) is 1. The van der Waals surface area contributed by atoms with E-state index < -0.39 is 59.9 Å². The van der Waals surface area contributed by atoms with E-state index in [1.807, 2.05) is 132 Å². The van der Waals surface area contributed by atoms with Gasteiger partial charge in [0.25, 0.3) is 0 Å². The van der Waals surface area contributed by atoms with Crippen molar-refractivity contribution in [3.05, 3.63) is 166 Å². The first kappa shape index (κ1) is 50.0. The van der Waals surface area contributed by atoms with E-state index in [1.54, 1.807) is 32.3 Å². The van der Waals surface area contributed by atoms with Gasteiger partial charge in [-0.25, -0.2) is 4.79 Å². The zero-order chi connectivity index (χ0) is 48.6. The topological polar surface area (TPSA) is 126 Å². The molecule has 12 heteroatoms. The molecule has 0 radical (unpaired) electrons. The SMILES string of the molecule is CC[C@H](C)[C@H](NC(=O)OCC1c2ccccc2-c2ccccc21)C(=O)N(C)[C@@H](CC(C)C)C(=O)N(C)[C@@H](CC(=O)OC(c1ccccc1)(c1ccc(C)cc1)c1ccccc1Cl)C(=O)N(C)C. The van der Waals surface area contributed by atoms with Gasteiger partial charge in [0.15, 0.2) is 5.60 Å².